The number of anilines is 1. The van der Waals surface area contributed by atoms with Crippen molar-refractivity contribution in [3.63, 3.8) is 0 Å². The third-order valence-corrected chi connectivity index (χ3v) is 4.62. The van der Waals surface area contributed by atoms with Crippen LogP contribution >= 0.6 is 0 Å². The Morgan fingerprint density at radius 2 is 2.11 bits per heavy atom. The van der Waals surface area contributed by atoms with Crippen LogP contribution in [0.4, 0.5) is 5.69 Å². The average molecular weight is 361 g/mol. The molecule has 1 heterocycles. The summed E-state index contributed by atoms with van der Waals surface area (Å²) in [6.45, 7) is 0. The highest BCUT2D eigenvalue weighted by atomic mass is 16.5. The summed E-state index contributed by atoms with van der Waals surface area (Å²) in [5.74, 6) is 0.563. The standard InChI is InChI=1S/C20H19N5O2/c1-27-15-4-7-17-13(9-15)10-19(24-17)20(26)23-14-3-5-16-12(8-14)2-6-18(16)25-22-11-21/h3-5,7-11,24H,2,6H2,1H3,(H2,21,22)(H,23,26)/b25-18+. The van der Waals surface area contributed by atoms with E-state index in [1.54, 1.807) is 7.11 Å². The number of hydrogen-bond donors (Lipinski definition) is 3. The molecule has 2 aromatic carbocycles. The molecule has 7 heteroatoms. The molecule has 3 aromatic rings. The fourth-order valence-corrected chi connectivity index (χ4v) is 3.31. The maximum Gasteiger partial charge on any atom is 0.272 e. The summed E-state index contributed by atoms with van der Waals surface area (Å²) >= 11 is 0. The van der Waals surface area contributed by atoms with Crippen LogP contribution in [-0.2, 0) is 6.42 Å². The second-order valence-electron chi connectivity index (χ2n) is 6.27. The molecule has 4 N–H and O–H groups in total. The smallest absolute Gasteiger partial charge is 0.272 e. The Hall–Kier alpha value is -3.61. The highest BCUT2D eigenvalue weighted by Gasteiger charge is 2.19. The Morgan fingerprint density at radius 3 is 2.93 bits per heavy atom. The summed E-state index contributed by atoms with van der Waals surface area (Å²) in [4.78, 5) is 15.7. The number of fused-ring (bicyclic) bond motifs is 2. The number of aryl methyl sites for hydroxylation is 1. The van der Waals surface area contributed by atoms with Crippen LogP contribution in [0.25, 0.3) is 10.9 Å². The number of rotatable bonds is 4. The Labute approximate surface area is 155 Å². The van der Waals surface area contributed by atoms with Crippen LogP contribution in [0, 0.1) is 0 Å². The highest BCUT2D eigenvalue weighted by Crippen LogP contribution is 2.27. The number of carbonyl (C=O) groups is 1. The molecule has 136 valence electrons. The number of nitrogens with one attached hydrogen (secondary N) is 2. The van der Waals surface area contributed by atoms with Gasteiger partial charge in [-0.3, -0.25) is 4.79 Å². The number of carbonyl (C=O) groups excluding carboxylic acids is 1. The fourth-order valence-electron chi connectivity index (χ4n) is 3.31. The minimum absolute atomic E-state index is 0.190. The lowest BCUT2D eigenvalue weighted by Crippen LogP contribution is -2.12. The van der Waals surface area contributed by atoms with Gasteiger partial charge in [0.15, 0.2) is 0 Å². The van der Waals surface area contributed by atoms with Gasteiger partial charge in [-0.2, -0.15) is 5.10 Å². The van der Waals surface area contributed by atoms with Crippen molar-refractivity contribution < 1.29 is 9.53 Å². The quantitative estimate of drug-likeness (QED) is 0.378. The summed E-state index contributed by atoms with van der Waals surface area (Å²) in [5, 5.41) is 11.7. The number of nitrogens with zero attached hydrogens (tertiary/aromatic N) is 2. The molecule has 0 unspecified atom stereocenters. The number of amides is 1. The first kappa shape index (κ1) is 16.8. The summed E-state index contributed by atoms with van der Waals surface area (Å²) in [6, 6.07) is 13.3. The first-order valence-electron chi connectivity index (χ1n) is 8.59. The average Bonchev–Trinajstić information content (AvgIpc) is 3.29. The summed E-state index contributed by atoms with van der Waals surface area (Å²) in [6.07, 6.45) is 2.85. The van der Waals surface area contributed by atoms with Crippen LogP contribution in [0.15, 0.2) is 52.7 Å². The number of ether oxygens (including phenoxy) is 1. The zero-order chi connectivity index (χ0) is 18.8. The molecule has 1 amide bonds. The molecule has 0 bridgehead atoms. The fraction of sp³-hybridized carbons (Fsp3) is 0.150. The molecule has 0 saturated carbocycles. The molecule has 0 aliphatic heterocycles. The van der Waals surface area contributed by atoms with E-state index in [4.69, 9.17) is 10.5 Å². The molecular formula is C20H19N5O2. The Kier molecular flexibility index (Phi) is 4.33. The van der Waals surface area contributed by atoms with E-state index in [2.05, 4.69) is 20.5 Å². The van der Waals surface area contributed by atoms with Crippen molar-refractivity contribution in [2.75, 3.05) is 12.4 Å². The minimum atomic E-state index is -0.190. The Morgan fingerprint density at radius 1 is 1.22 bits per heavy atom. The van der Waals surface area contributed by atoms with Gasteiger partial charge in [-0.1, -0.05) is 6.07 Å². The van der Waals surface area contributed by atoms with Gasteiger partial charge >= 0.3 is 0 Å². The molecule has 1 aliphatic carbocycles. The molecule has 4 rings (SSSR count). The van der Waals surface area contributed by atoms with Crippen LogP contribution in [0.5, 0.6) is 5.75 Å². The molecule has 7 nitrogen and oxygen atoms in total. The number of nitrogens with two attached hydrogens (primary N) is 1. The number of methoxy groups -OCH3 is 1. The van der Waals surface area contributed by atoms with E-state index in [1.807, 2.05) is 42.5 Å². The third kappa shape index (κ3) is 3.27. The second-order valence-corrected chi connectivity index (χ2v) is 6.27. The molecule has 0 radical (unpaired) electrons. The van der Waals surface area contributed by atoms with Gasteiger partial charge in [0.05, 0.1) is 12.8 Å². The number of hydrogen-bond acceptors (Lipinski definition) is 4. The van der Waals surface area contributed by atoms with Gasteiger partial charge in [-0.15, -0.1) is 5.10 Å². The zero-order valence-corrected chi connectivity index (χ0v) is 14.8. The topological polar surface area (TPSA) is 105 Å². The molecule has 1 aromatic heterocycles. The van der Waals surface area contributed by atoms with Gasteiger partial charge in [0.1, 0.15) is 17.8 Å². The van der Waals surface area contributed by atoms with E-state index in [0.29, 0.717) is 5.69 Å². The van der Waals surface area contributed by atoms with Crippen molar-refractivity contribution in [2.24, 2.45) is 15.9 Å². The van der Waals surface area contributed by atoms with Crippen molar-refractivity contribution >= 4 is 34.5 Å². The molecule has 1 aliphatic rings. The number of aromatic amines is 1. The van der Waals surface area contributed by atoms with Gasteiger partial charge in [0.2, 0.25) is 0 Å². The zero-order valence-electron chi connectivity index (χ0n) is 14.8. The van der Waals surface area contributed by atoms with Crippen LogP contribution in [-0.4, -0.2) is 30.1 Å². The monoisotopic (exact) mass is 361 g/mol. The van der Waals surface area contributed by atoms with Gasteiger partial charge in [-0.25, -0.2) is 0 Å². The van der Waals surface area contributed by atoms with Gasteiger partial charge in [0, 0.05) is 22.2 Å². The van der Waals surface area contributed by atoms with Crippen molar-refractivity contribution in [3.05, 3.63) is 59.3 Å². The van der Waals surface area contributed by atoms with Crippen molar-refractivity contribution in [1.29, 1.82) is 0 Å². The lowest BCUT2D eigenvalue weighted by molar-refractivity contribution is 0.102. The normalized spacial score (nSPS) is 14.8. The Bertz CT molecular complexity index is 1080. The first-order chi connectivity index (χ1) is 13.2. The largest absolute Gasteiger partial charge is 0.497 e. The second kappa shape index (κ2) is 6.95. The Balaban J connectivity index is 1.55. The lowest BCUT2D eigenvalue weighted by Gasteiger charge is -2.06. The van der Waals surface area contributed by atoms with Crippen LogP contribution in [0.2, 0.25) is 0 Å². The van der Waals surface area contributed by atoms with Gasteiger partial charge in [-0.05, 0) is 54.8 Å². The van der Waals surface area contributed by atoms with E-state index in [-0.39, 0.29) is 5.91 Å². The molecule has 0 fully saturated rings. The van der Waals surface area contributed by atoms with E-state index in [1.165, 1.54) is 6.34 Å². The van der Waals surface area contributed by atoms with Crippen molar-refractivity contribution in [3.8, 4) is 5.75 Å². The minimum Gasteiger partial charge on any atom is -0.497 e. The molecule has 0 atom stereocenters. The number of H-pyrrole nitrogens is 1. The molecule has 27 heavy (non-hydrogen) atoms. The SMILES string of the molecule is COc1ccc2[nH]c(C(=O)Nc3ccc4c(c3)CC/C4=N\N=CN)cc2c1. The van der Waals surface area contributed by atoms with E-state index in [0.717, 1.165) is 52.0 Å². The third-order valence-electron chi connectivity index (χ3n) is 4.62. The van der Waals surface area contributed by atoms with Crippen LogP contribution < -0.4 is 15.8 Å². The van der Waals surface area contributed by atoms with Gasteiger partial charge < -0.3 is 20.8 Å². The van der Waals surface area contributed by atoms with Crippen molar-refractivity contribution in [2.45, 2.75) is 12.8 Å². The van der Waals surface area contributed by atoms with E-state index in [9.17, 15) is 4.79 Å². The summed E-state index contributed by atoms with van der Waals surface area (Å²) < 4.78 is 5.22. The van der Waals surface area contributed by atoms with Crippen LogP contribution in [0.1, 0.15) is 28.0 Å². The number of aromatic nitrogens is 1. The van der Waals surface area contributed by atoms with E-state index >= 15 is 0 Å². The van der Waals surface area contributed by atoms with E-state index < -0.39 is 0 Å². The first-order valence-corrected chi connectivity index (χ1v) is 8.59. The van der Waals surface area contributed by atoms with Gasteiger partial charge in [0.25, 0.3) is 5.91 Å². The number of benzene rings is 2. The maximum absolute atomic E-state index is 12.6. The summed E-state index contributed by atoms with van der Waals surface area (Å²) in [5.41, 5.74) is 10.5. The highest BCUT2D eigenvalue weighted by molar-refractivity contribution is 6.07. The predicted octanol–water partition coefficient (Wildman–Crippen LogP) is 3.07. The van der Waals surface area contributed by atoms with Crippen molar-refractivity contribution in [1.82, 2.24) is 4.98 Å². The summed E-state index contributed by atoms with van der Waals surface area (Å²) in [7, 11) is 1.62. The predicted molar refractivity (Wildman–Crippen MR) is 107 cm³/mol. The molecule has 0 spiro atoms. The molecule has 0 saturated heterocycles. The maximum atomic E-state index is 12.6. The lowest BCUT2D eigenvalue weighted by atomic mass is 10.1. The van der Waals surface area contributed by atoms with Crippen LogP contribution in [0.3, 0.4) is 0 Å². The molecular weight excluding hydrogens is 342 g/mol.